The molecular formula is C20H31NO3. The van der Waals surface area contributed by atoms with Gasteiger partial charge in [0.15, 0.2) is 0 Å². The van der Waals surface area contributed by atoms with Crippen LogP contribution in [-0.4, -0.2) is 25.2 Å². The molecule has 0 aromatic heterocycles. The molecule has 1 N–H and O–H groups in total. The highest BCUT2D eigenvalue weighted by Crippen LogP contribution is 2.36. The molecule has 1 amide bonds. The van der Waals surface area contributed by atoms with E-state index in [0.717, 1.165) is 55.7 Å². The fourth-order valence-electron chi connectivity index (χ4n) is 3.45. The predicted molar refractivity (Wildman–Crippen MR) is 97.6 cm³/mol. The minimum atomic E-state index is -0.693. The molecule has 1 aromatic rings. The lowest BCUT2D eigenvalue weighted by Crippen LogP contribution is -2.47. The molecule has 0 unspecified atom stereocenters. The van der Waals surface area contributed by atoms with E-state index >= 15 is 0 Å². The topological polar surface area (TPSA) is 47.6 Å². The standard InChI is InChI=1S/C20H31NO3/c1-5-6-12-24-18-10-9-17(13-16(18)3)21-19(22)20(23-4)11-7-8-15(2)14-20/h9-10,13,15H,5-8,11-12,14H2,1-4H3,(H,21,22)/t15-,20-/m0/s1. The second-order valence-corrected chi connectivity index (χ2v) is 7.04. The first-order valence-electron chi connectivity index (χ1n) is 9.11. The monoisotopic (exact) mass is 333 g/mol. The smallest absolute Gasteiger partial charge is 0.256 e. The summed E-state index contributed by atoms with van der Waals surface area (Å²) in [5, 5.41) is 3.04. The summed E-state index contributed by atoms with van der Waals surface area (Å²) in [6.07, 6.45) is 5.94. The van der Waals surface area contributed by atoms with Gasteiger partial charge in [0.25, 0.3) is 5.91 Å². The number of unbranched alkanes of at least 4 members (excludes halogenated alkanes) is 1. The Balaban J connectivity index is 2.04. The number of hydrogen-bond acceptors (Lipinski definition) is 3. The van der Waals surface area contributed by atoms with Crippen LogP contribution in [0.4, 0.5) is 5.69 Å². The number of methoxy groups -OCH3 is 1. The molecule has 0 bridgehead atoms. The largest absolute Gasteiger partial charge is 0.493 e. The summed E-state index contributed by atoms with van der Waals surface area (Å²) in [6.45, 7) is 7.07. The molecule has 2 rings (SSSR count). The first-order chi connectivity index (χ1) is 11.5. The number of anilines is 1. The molecule has 1 aliphatic carbocycles. The summed E-state index contributed by atoms with van der Waals surface area (Å²) < 4.78 is 11.4. The zero-order chi connectivity index (χ0) is 17.6. The van der Waals surface area contributed by atoms with Gasteiger partial charge >= 0.3 is 0 Å². The van der Waals surface area contributed by atoms with Gasteiger partial charge in [-0.1, -0.05) is 26.7 Å². The van der Waals surface area contributed by atoms with E-state index in [1.807, 2.05) is 25.1 Å². The SMILES string of the molecule is CCCCOc1ccc(NC(=O)[C@]2(OC)CCC[C@H](C)C2)cc1C. The van der Waals surface area contributed by atoms with Crippen molar-refractivity contribution in [1.29, 1.82) is 0 Å². The number of rotatable bonds is 7. The molecular weight excluding hydrogens is 302 g/mol. The Labute approximate surface area is 145 Å². The number of nitrogens with one attached hydrogen (secondary N) is 1. The Morgan fingerprint density at radius 2 is 2.21 bits per heavy atom. The van der Waals surface area contributed by atoms with Gasteiger partial charge in [0.05, 0.1) is 6.61 Å². The third kappa shape index (κ3) is 4.50. The lowest BCUT2D eigenvalue weighted by atomic mass is 9.78. The van der Waals surface area contributed by atoms with Gasteiger partial charge in [-0.2, -0.15) is 0 Å². The van der Waals surface area contributed by atoms with Crippen molar-refractivity contribution in [3.8, 4) is 5.75 Å². The van der Waals surface area contributed by atoms with Gasteiger partial charge in [0.1, 0.15) is 11.4 Å². The van der Waals surface area contributed by atoms with Crippen LogP contribution in [0.15, 0.2) is 18.2 Å². The van der Waals surface area contributed by atoms with E-state index < -0.39 is 5.60 Å². The summed E-state index contributed by atoms with van der Waals surface area (Å²) >= 11 is 0. The normalized spacial score (nSPS) is 23.8. The van der Waals surface area contributed by atoms with Crippen molar-refractivity contribution >= 4 is 11.6 Å². The average Bonchev–Trinajstić information content (AvgIpc) is 2.56. The number of hydrogen-bond donors (Lipinski definition) is 1. The molecule has 0 radical (unpaired) electrons. The Morgan fingerprint density at radius 3 is 2.83 bits per heavy atom. The van der Waals surface area contributed by atoms with Crippen LogP contribution in [-0.2, 0) is 9.53 Å². The summed E-state index contributed by atoms with van der Waals surface area (Å²) in [5.74, 6) is 1.37. The molecule has 4 nitrogen and oxygen atoms in total. The average molecular weight is 333 g/mol. The zero-order valence-corrected chi connectivity index (χ0v) is 15.5. The van der Waals surface area contributed by atoms with Crippen LogP contribution in [0.3, 0.4) is 0 Å². The van der Waals surface area contributed by atoms with Crippen LogP contribution in [0.1, 0.15) is 57.9 Å². The lowest BCUT2D eigenvalue weighted by molar-refractivity contribution is -0.143. The van der Waals surface area contributed by atoms with E-state index in [1.165, 1.54) is 6.42 Å². The van der Waals surface area contributed by atoms with Gasteiger partial charge < -0.3 is 14.8 Å². The number of amides is 1. The van der Waals surface area contributed by atoms with Crippen molar-refractivity contribution in [1.82, 2.24) is 0 Å². The molecule has 2 atom stereocenters. The van der Waals surface area contributed by atoms with Gasteiger partial charge in [0.2, 0.25) is 0 Å². The highest BCUT2D eigenvalue weighted by molar-refractivity contribution is 5.97. The molecule has 1 fully saturated rings. The second-order valence-electron chi connectivity index (χ2n) is 7.04. The number of benzene rings is 1. The quantitative estimate of drug-likeness (QED) is 0.735. The van der Waals surface area contributed by atoms with Crippen LogP contribution in [0.25, 0.3) is 0 Å². The van der Waals surface area contributed by atoms with Crippen molar-refractivity contribution in [3.63, 3.8) is 0 Å². The number of ether oxygens (including phenoxy) is 2. The van der Waals surface area contributed by atoms with E-state index in [0.29, 0.717) is 5.92 Å². The molecule has 134 valence electrons. The van der Waals surface area contributed by atoms with Crippen LogP contribution in [0.5, 0.6) is 5.75 Å². The van der Waals surface area contributed by atoms with E-state index in [4.69, 9.17) is 9.47 Å². The third-order valence-corrected chi connectivity index (χ3v) is 4.95. The van der Waals surface area contributed by atoms with Gasteiger partial charge in [-0.3, -0.25) is 4.79 Å². The summed E-state index contributed by atoms with van der Waals surface area (Å²) in [4.78, 5) is 12.8. The zero-order valence-electron chi connectivity index (χ0n) is 15.5. The highest BCUT2D eigenvalue weighted by Gasteiger charge is 2.41. The van der Waals surface area contributed by atoms with Crippen molar-refractivity contribution in [2.45, 2.75) is 64.9 Å². The van der Waals surface area contributed by atoms with Crippen LogP contribution in [0, 0.1) is 12.8 Å². The van der Waals surface area contributed by atoms with E-state index in [-0.39, 0.29) is 5.91 Å². The fraction of sp³-hybridized carbons (Fsp3) is 0.650. The van der Waals surface area contributed by atoms with Crippen LogP contribution >= 0.6 is 0 Å². The Hall–Kier alpha value is -1.55. The summed E-state index contributed by atoms with van der Waals surface area (Å²) in [7, 11) is 1.65. The molecule has 4 heteroatoms. The van der Waals surface area contributed by atoms with Crippen LogP contribution in [0.2, 0.25) is 0 Å². The first kappa shape index (κ1) is 18.8. The molecule has 1 saturated carbocycles. The number of carbonyl (C=O) groups excluding carboxylic acids is 1. The molecule has 0 heterocycles. The number of carbonyl (C=O) groups is 1. The minimum absolute atomic E-state index is 0.0319. The second kappa shape index (κ2) is 8.52. The molecule has 0 saturated heterocycles. The minimum Gasteiger partial charge on any atom is -0.493 e. The molecule has 1 aliphatic rings. The van der Waals surface area contributed by atoms with Crippen LogP contribution < -0.4 is 10.1 Å². The van der Waals surface area contributed by atoms with E-state index in [2.05, 4.69) is 19.2 Å². The molecule has 1 aromatic carbocycles. The molecule has 0 spiro atoms. The Bertz CT molecular complexity index is 558. The maximum absolute atomic E-state index is 12.8. The summed E-state index contributed by atoms with van der Waals surface area (Å²) in [5.41, 5.74) is 1.14. The Morgan fingerprint density at radius 1 is 1.42 bits per heavy atom. The van der Waals surface area contributed by atoms with Gasteiger partial charge in [-0.05, 0) is 62.3 Å². The number of aryl methyl sites for hydroxylation is 1. The van der Waals surface area contributed by atoms with Gasteiger partial charge in [-0.15, -0.1) is 0 Å². The third-order valence-electron chi connectivity index (χ3n) is 4.95. The van der Waals surface area contributed by atoms with Crippen molar-refractivity contribution in [3.05, 3.63) is 23.8 Å². The summed E-state index contributed by atoms with van der Waals surface area (Å²) in [6, 6.07) is 5.81. The van der Waals surface area contributed by atoms with Gasteiger partial charge in [0, 0.05) is 12.8 Å². The lowest BCUT2D eigenvalue weighted by Gasteiger charge is -2.37. The maximum atomic E-state index is 12.8. The van der Waals surface area contributed by atoms with E-state index in [1.54, 1.807) is 7.11 Å². The van der Waals surface area contributed by atoms with Crippen molar-refractivity contribution in [2.75, 3.05) is 19.0 Å². The highest BCUT2D eigenvalue weighted by atomic mass is 16.5. The molecule has 0 aliphatic heterocycles. The first-order valence-corrected chi connectivity index (χ1v) is 9.11. The maximum Gasteiger partial charge on any atom is 0.256 e. The predicted octanol–water partition coefficient (Wildman–Crippen LogP) is 4.71. The fourth-order valence-corrected chi connectivity index (χ4v) is 3.45. The Kier molecular flexibility index (Phi) is 6.67. The van der Waals surface area contributed by atoms with E-state index in [9.17, 15) is 4.79 Å². The van der Waals surface area contributed by atoms with Crippen molar-refractivity contribution < 1.29 is 14.3 Å². The molecule has 24 heavy (non-hydrogen) atoms. The van der Waals surface area contributed by atoms with Crippen molar-refractivity contribution in [2.24, 2.45) is 5.92 Å². The van der Waals surface area contributed by atoms with Gasteiger partial charge in [-0.25, -0.2) is 0 Å².